The summed E-state index contributed by atoms with van der Waals surface area (Å²) >= 11 is 5.60. The lowest BCUT2D eigenvalue weighted by Gasteiger charge is -2.16. The Balaban J connectivity index is 2.04. The molecule has 0 aliphatic rings. The molecular weight excluding hydrogens is 464 g/mol. The molecule has 0 fully saturated rings. The standard InChI is InChI=1S/C23H19ClF4N2O3/c24-10-2-1-3-11-33-18-8-7-16(26)21(20(18)28)30-19(31)9-6-15(23(30)29)22(32)14-5-4-13(25)12-17(14)27/h4-9,12H,1-3,10-11,29H2. The average molecular weight is 483 g/mol. The molecule has 0 radical (unpaired) electrons. The molecule has 1 aromatic heterocycles. The van der Waals surface area contributed by atoms with Crippen molar-refractivity contribution in [3.63, 3.8) is 0 Å². The van der Waals surface area contributed by atoms with Gasteiger partial charge in [0.2, 0.25) is 0 Å². The van der Waals surface area contributed by atoms with Gasteiger partial charge in [-0.05, 0) is 49.6 Å². The number of nitrogens with two attached hydrogens (primary N) is 1. The van der Waals surface area contributed by atoms with Crippen molar-refractivity contribution in [3.8, 4) is 11.4 Å². The molecule has 0 saturated heterocycles. The summed E-state index contributed by atoms with van der Waals surface area (Å²) in [5, 5.41) is 0. The van der Waals surface area contributed by atoms with E-state index in [0.717, 1.165) is 49.2 Å². The number of nitrogen functional groups attached to an aromatic ring is 1. The Labute approximate surface area is 191 Å². The first-order valence-corrected chi connectivity index (χ1v) is 10.5. The molecular formula is C23H19ClF4N2O3. The Morgan fingerprint density at radius 2 is 1.67 bits per heavy atom. The summed E-state index contributed by atoms with van der Waals surface area (Å²) in [6.07, 6.45) is 2.08. The number of unbranched alkanes of at least 4 members (excludes halogenated alkanes) is 2. The lowest BCUT2D eigenvalue weighted by atomic mass is 10.0. The van der Waals surface area contributed by atoms with Crippen molar-refractivity contribution in [1.82, 2.24) is 4.57 Å². The van der Waals surface area contributed by atoms with Crippen LogP contribution < -0.4 is 16.0 Å². The molecule has 2 N–H and O–H groups in total. The zero-order valence-electron chi connectivity index (χ0n) is 17.2. The summed E-state index contributed by atoms with van der Waals surface area (Å²) in [5.41, 5.74) is 3.24. The second-order valence-corrected chi connectivity index (χ2v) is 7.44. The van der Waals surface area contributed by atoms with Crippen LogP contribution in [0.4, 0.5) is 23.4 Å². The molecule has 0 aliphatic carbocycles. The van der Waals surface area contributed by atoms with Gasteiger partial charge in [-0.3, -0.25) is 14.2 Å². The number of ether oxygens (including phenoxy) is 1. The lowest BCUT2D eigenvalue weighted by Crippen LogP contribution is -2.25. The van der Waals surface area contributed by atoms with Crippen LogP contribution in [0.15, 0.2) is 47.3 Å². The normalized spacial score (nSPS) is 10.9. The molecule has 0 bridgehead atoms. The highest BCUT2D eigenvalue weighted by Gasteiger charge is 2.24. The molecule has 3 rings (SSSR count). The number of carbonyl (C=O) groups excluding carboxylic acids is 1. The number of nitrogens with zero attached hydrogens (tertiary/aromatic N) is 1. The highest BCUT2D eigenvalue weighted by atomic mass is 35.5. The highest BCUT2D eigenvalue weighted by Crippen LogP contribution is 2.29. The fraction of sp³-hybridized carbons (Fsp3) is 0.217. The smallest absolute Gasteiger partial charge is 0.256 e. The third kappa shape index (κ3) is 5.19. The number of benzene rings is 2. The van der Waals surface area contributed by atoms with Crippen molar-refractivity contribution in [2.24, 2.45) is 0 Å². The Kier molecular flexibility index (Phi) is 7.75. The number of alkyl halides is 1. The van der Waals surface area contributed by atoms with Crippen LogP contribution in [0.1, 0.15) is 35.2 Å². The molecule has 174 valence electrons. The average Bonchev–Trinajstić information content (AvgIpc) is 2.76. The largest absolute Gasteiger partial charge is 0.490 e. The molecule has 33 heavy (non-hydrogen) atoms. The molecule has 0 amide bonds. The summed E-state index contributed by atoms with van der Waals surface area (Å²) in [7, 11) is 0. The van der Waals surface area contributed by atoms with Gasteiger partial charge in [-0.25, -0.2) is 17.6 Å². The summed E-state index contributed by atoms with van der Waals surface area (Å²) in [5.74, 6) is -5.82. The predicted molar refractivity (Wildman–Crippen MR) is 116 cm³/mol. The van der Waals surface area contributed by atoms with Crippen LogP contribution >= 0.6 is 11.6 Å². The topological polar surface area (TPSA) is 74.3 Å². The number of carbonyl (C=O) groups is 1. The first-order valence-electron chi connectivity index (χ1n) is 9.94. The van der Waals surface area contributed by atoms with Crippen LogP contribution in [0, 0.1) is 23.3 Å². The molecule has 1 heterocycles. The second-order valence-electron chi connectivity index (χ2n) is 7.07. The summed E-state index contributed by atoms with van der Waals surface area (Å²) in [6, 6.07) is 6.12. The third-order valence-electron chi connectivity index (χ3n) is 4.84. The van der Waals surface area contributed by atoms with E-state index in [1.807, 2.05) is 0 Å². The fourth-order valence-electron chi connectivity index (χ4n) is 3.19. The monoisotopic (exact) mass is 482 g/mol. The Morgan fingerprint density at radius 3 is 2.36 bits per heavy atom. The van der Waals surface area contributed by atoms with Crippen molar-refractivity contribution < 1.29 is 27.1 Å². The van der Waals surface area contributed by atoms with E-state index in [-0.39, 0.29) is 12.4 Å². The number of rotatable bonds is 9. The molecule has 2 aromatic carbocycles. The zero-order valence-corrected chi connectivity index (χ0v) is 18.0. The molecule has 3 aromatic rings. The molecule has 0 unspecified atom stereocenters. The second kappa shape index (κ2) is 10.5. The van der Waals surface area contributed by atoms with Gasteiger partial charge in [0, 0.05) is 18.0 Å². The maximum atomic E-state index is 15.1. The number of hydrogen-bond acceptors (Lipinski definition) is 4. The third-order valence-corrected chi connectivity index (χ3v) is 5.11. The number of pyridine rings is 1. The fourth-order valence-corrected chi connectivity index (χ4v) is 3.38. The minimum absolute atomic E-state index is 0.131. The van der Waals surface area contributed by atoms with Gasteiger partial charge in [-0.2, -0.15) is 0 Å². The number of aromatic nitrogens is 1. The molecule has 0 saturated carbocycles. The van der Waals surface area contributed by atoms with E-state index in [0.29, 0.717) is 22.9 Å². The van der Waals surface area contributed by atoms with Crippen molar-refractivity contribution in [3.05, 3.63) is 87.2 Å². The van der Waals surface area contributed by atoms with Crippen molar-refractivity contribution >= 4 is 23.2 Å². The predicted octanol–water partition coefficient (Wildman–Crippen LogP) is 5.00. The highest BCUT2D eigenvalue weighted by molar-refractivity contribution is 6.17. The summed E-state index contributed by atoms with van der Waals surface area (Å²) < 4.78 is 62.8. The SMILES string of the molecule is Nc1c(C(=O)c2ccc(F)cc2F)ccc(=O)n1-c1c(F)ccc(OCCCCCCl)c1F. The number of hydrogen-bond donors (Lipinski definition) is 1. The van der Waals surface area contributed by atoms with Crippen LogP contribution in [0.2, 0.25) is 0 Å². The van der Waals surface area contributed by atoms with Gasteiger partial charge >= 0.3 is 0 Å². The molecule has 0 aliphatic heterocycles. The van der Waals surface area contributed by atoms with E-state index in [4.69, 9.17) is 22.1 Å². The lowest BCUT2D eigenvalue weighted by molar-refractivity contribution is 0.103. The first kappa shape index (κ1) is 24.3. The Hall–Kier alpha value is -3.33. The van der Waals surface area contributed by atoms with E-state index in [1.54, 1.807) is 0 Å². The van der Waals surface area contributed by atoms with Gasteiger partial charge in [-0.1, -0.05) is 0 Å². The van der Waals surface area contributed by atoms with E-state index in [1.165, 1.54) is 0 Å². The molecule has 0 atom stereocenters. The van der Waals surface area contributed by atoms with Crippen molar-refractivity contribution in [1.29, 1.82) is 0 Å². The van der Waals surface area contributed by atoms with E-state index in [2.05, 4.69) is 0 Å². The maximum absolute atomic E-state index is 15.1. The summed E-state index contributed by atoms with van der Waals surface area (Å²) in [6.45, 7) is 0.131. The number of anilines is 1. The van der Waals surface area contributed by atoms with Crippen LogP contribution in [0.25, 0.3) is 5.69 Å². The van der Waals surface area contributed by atoms with Crippen LogP contribution in [-0.2, 0) is 0 Å². The Bertz CT molecular complexity index is 1250. The van der Waals surface area contributed by atoms with Gasteiger partial charge in [0.15, 0.2) is 23.2 Å². The van der Waals surface area contributed by atoms with Crippen LogP contribution in [-0.4, -0.2) is 22.8 Å². The Morgan fingerprint density at radius 1 is 0.939 bits per heavy atom. The minimum atomic E-state index is -1.20. The van der Waals surface area contributed by atoms with E-state index >= 15 is 4.39 Å². The van der Waals surface area contributed by atoms with Gasteiger partial charge in [0.25, 0.3) is 5.56 Å². The van der Waals surface area contributed by atoms with Crippen LogP contribution in [0.3, 0.4) is 0 Å². The van der Waals surface area contributed by atoms with Gasteiger partial charge in [-0.15, -0.1) is 11.6 Å². The first-order chi connectivity index (χ1) is 15.8. The number of ketones is 1. The quantitative estimate of drug-likeness (QED) is 0.202. The molecule has 10 heteroatoms. The minimum Gasteiger partial charge on any atom is -0.490 e. The van der Waals surface area contributed by atoms with Gasteiger partial charge in [0.05, 0.1) is 17.7 Å². The maximum Gasteiger partial charge on any atom is 0.256 e. The number of halogens is 5. The van der Waals surface area contributed by atoms with Gasteiger partial charge < -0.3 is 10.5 Å². The summed E-state index contributed by atoms with van der Waals surface area (Å²) in [4.78, 5) is 25.3. The van der Waals surface area contributed by atoms with Crippen molar-refractivity contribution in [2.45, 2.75) is 19.3 Å². The van der Waals surface area contributed by atoms with Crippen LogP contribution in [0.5, 0.6) is 5.75 Å². The van der Waals surface area contributed by atoms with E-state index in [9.17, 15) is 22.8 Å². The van der Waals surface area contributed by atoms with E-state index < -0.39 is 57.2 Å². The molecule has 0 spiro atoms. The van der Waals surface area contributed by atoms with Gasteiger partial charge in [0.1, 0.15) is 23.1 Å². The molecule has 5 nitrogen and oxygen atoms in total. The van der Waals surface area contributed by atoms with Crippen molar-refractivity contribution in [2.75, 3.05) is 18.2 Å². The zero-order chi connectivity index (χ0) is 24.1.